The monoisotopic (exact) mass is 338 g/mol. The van der Waals surface area contributed by atoms with Crippen molar-refractivity contribution in [3.05, 3.63) is 0 Å². The van der Waals surface area contributed by atoms with Gasteiger partial charge in [-0.2, -0.15) is 13.2 Å². The number of carbonyl (C=O) groups excluding carboxylic acids is 1. The molecule has 0 aromatic heterocycles. The second kappa shape index (κ2) is 8.22. The highest BCUT2D eigenvalue weighted by molar-refractivity contribution is 5.68. The lowest BCUT2D eigenvalue weighted by Gasteiger charge is -2.33. The van der Waals surface area contributed by atoms with Gasteiger partial charge in [-0.3, -0.25) is 0 Å². The minimum Gasteiger partial charge on any atom is -0.444 e. The largest absolute Gasteiger partial charge is 0.444 e. The van der Waals surface area contributed by atoms with Gasteiger partial charge in [-0.15, -0.1) is 0 Å². The molecule has 1 amide bonds. The molecule has 2 atom stereocenters. The lowest BCUT2D eigenvalue weighted by atomic mass is 10.0. The zero-order valence-corrected chi connectivity index (χ0v) is 14.5. The zero-order valence-electron chi connectivity index (χ0n) is 14.5. The molecule has 0 bridgehead atoms. The van der Waals surface area contributed by atoms with E-state index < -0.39 is 18.3 Å². The molecule has 2 unspecified atom stereocenters. The van der Waals surface area contributed by atoms with Crippen molar-refractivity contribution in [2.24, 2.45) is 0 Å². The van der Waals surface area contributed by atoms with Crippen LogP contribution in [0.4, 0.5) is 18.0 Å². The van der Waals surface area contributed by atoms with Crippen molar-refractivity contribution in [1.82, 2.24) is 10.2 Å². The number of ether oxygens (including phenoxy) is 1. The number of alkyl halides is 3. The van der Waals surface area contributed by atoms with Crippen molar-refractivity contribution in [3.8, 4) is 0 Å². The number of hydrogen-bond acceptors (Lipinski definition) is 3. The minimum atomic E-state index is -4.22. The van der Waals surface area contributed by atoms with E-state index in [1.807, 2.05) is 20.8 Å². The molecule has 0 spiro atoms. The van der Waals surface area contributed by atoms with Crippen LogP contribution in [-0.2, 0) is 4.74 Å². The molecular formula is C16H29F3N2O2. The first-order chi connectivity index (χ1) is 10.5. The van der Waals surface area contributed by atoms with E-state index in [0.717, 1.165) is 25.7 Å². The third kappa shape index (κ3) is 8.44. The summed E-state index contributed by atoms with van der Waals surface area (Å²) in [4.78, 5) is 14.1. The fraction of sp³-hybridized carbons (Fsp3) is 0.938. The van der Waals surface area contributed by atoms with Gasteiger partial charge in [-0.1, -0.05) is 12.8 Å². The Morgan fingerprint density at radius 2 is 1.91 bits per heavy atom. The lowest BCUT2D eigenvalue weighted by molar-refractivity contribution is -0.126. The van der Waals surface area contributed by atoms with E-state index in [4.69, 9.17) is 4.74 Å². The van der Waals surface area contributed by atoms with E-state index in [1.165, 1.54) is 0 Å². The average Bonchev–Trinajstić information content (AvgIpc) is 2.59. The third-order valence-electron chi connectivity index (χ3n) is 3.78. The number of amides is 1. The first-order valence-corrected chi connectivity index (χ1v) is 8.28. The predicted molar refractivity (Wildman–Crippen MR) is 83.3 cm³/mol. The summed E-state index contributed by atoms with van der Waals surface area (Å²) in [7, 11) is 0. The SMILES string of the molecule is CC(CC1CCCCCN1C(=O)OC(C)(C)C)NCC(F)(F)F. The number of halogens is 3. The van der Waals surface area contributed by atoms with Gasteiger partial charge in [0.2, 0.25) is 0 Å². The molecule has 1 rings (SSSR count). The van der Waals surface area contributed by atoms with Crippen LogP contribution in [0.2, 0.25) is 0 Å². The molecule has 0 saturated carbocycles. The second-order valence-corrected chi connectivity index (χ2v) is 7.31. The Balaban J connectivity index is 2.65. The maximum absolute atomic E-state index is 12.4. The number of likely N-dealkylation sites (tertiary alicyclic amines) is 1. The molecule has 1 saturated heterocycles. The molecule has 0 radical (unpaired) electrons. The molecule has 136 valence electrons. The predicted octanol–water partition coefficient (Wildman–Crippen LogP) is 4.10. The number of hydrogen-bond donors (Lipinski definition) is 1. The first-order valence-electron chi connectivity index (χ1n) is 8.28. The summed E-state index contributed by atoms with van der Waals surface area (Å²) in [5.41, 5.74) is -0.575. The van der Waals surface area contributed by atoms with Gasteiger partial charge < -0.3 is 15.0 Å². The Labute approximate surface area is 136 Å². The Morgan fingerprint density at radius 1 is 1.26 bits per heavy atom. The van der Waals surface area contributed by atoms with Gasteiger partial charge in [0.1, 0.15) is 5.60 Å². The molecule has 1 aliphatic rings. The van der Waals surface area contributed by atoms with Crippen LogP contribution in [0.5, 0.6) is 0 Å². The van der Waals surface area contributed by atoms with E-state index >= 15 is 0 Å². The maximum atomic E-state index is 12.4. The summed E-state index contributed by atoms with van der Waals surface area (Å²) in [6.07, 6.45) is -0.377. The normalized spacial score (nSPS) is 21.7. The van der Waals surface area contributed by atoms with Crippen molar-refractivity contribution >= 4 is 6.09 Å². The van der Waals surface area contributed by atoms with Gasteiger partial charge in [0.25, 0.3) is 0 Å². The van der Waals surface area contributed by atoms with Crippen molar-refractivity contribution in [3.63, 3.8) is 0 Å². The van der Waals surface area contributed by atoms with Crippen molar-refractivity contribution < 1.29 is 22.7 Å². The number of nitrogens with zero attached hydrogens (tertiary/aromatic N) is 1. The second-order valence-electron chi connectivity index (χ2n) is 7.31. The van der Waals surface area contributed by atoms with Gasteiger partial charge in [-0.25, -0.2) is 4.79 Å². The molecule has 1 heterocycles. The van der Waals surface area contributed by atoms with E-state index in [1.54, 1.807) is 11.8 Å². The quantitative estimate of drug-likeness (QED) is 0.839. The third-order valence-corrected chi connectivity index (χ3v) is 3.78. The first kappa shape index (κ1) is 20.1. The molecule has 4 nitrogen and oxygen atoms in total. The highest BCUT2D eigenvalue weighted by Gasteiger charge is 2.32. The van der Waals surface area contributed by atoms with Crippen molar-refractivity contribution in [1.29, 1.82) is 0 Å². The van der Waals surface area contributed by atoms with Gasteiger partial charge in [0, 0.05) is 18.6 Å². The molecule has 7 heteroatoms. The van der Waals surface area contributed by atoms with Crippen LogP contribution >= 0.6 is 0 Å². The molecule has 1 aliphatic heterocycles. The van der Waals surface area contributed by atoms with Gasteiger partial charge in [0.05, 0.1) is 6.54 Å². The number of rotatable bonds is 4. The molecule has 23 heavy (non-hydrogen) atoms. The lowest BCUT2D eigenvalue weighted by Crippen LogP contribution is -2.46. The topological polar surface area (TPSA) is 41.6 Å². The van der Waals surface area contributed by atoms with Crippen molar-refractivity contribution in [2.75, 3.05) is 13.1 Å². The Hall–Kier alpha value is -0.980. The summed E-state index contributed by atoms with van der Waals surface area (Å²) in [6.45, 7) is 6.75. The maximum Gasteiger partial charge on any atom is 0.410 e. The average molecular weight is 338 g/mol. The fourth-order valence-electron chi connectivity index (χ4n) is 2.76. The number of carbonyl (C=O) groups is 1. The smallest absolute Gasteiger partial charge is 0.410 e. The fourth-order valence-corrected chi connectivity index (χ4v) is 2.76. The highest BCUT2D eigenvalue weighted by Crippen LogP contribution is 2.23. The highest BCUT2D eigenvalue weighted by atomic mass is 19.4. The molecule has 0 aromatic carbocycles. The van der Waals surface area contributed by atoms with E-state index in [2.05, 4.69) is 5.32 Å². The van der Waals surface area contributed by atoms with Crippen LogP contribution in [0.15, 0.2) is 0 Å². The van der Waals surface area contributed by atoms with Gasteiger partial charge in [0.15, 0.2) is 0 Å². The van der Waals surface area contributed by atoms with E-state index in [0.29, 0.717) is 13.0 Å². The zero-order chi connectivity index (χ0) is 17.7. The van der Waals surface area contributed by atoms with Crippen LogP contribution in [0, 0.1) is 0 Å². The standard InChI is InChI=1S/C16H29F3N2O2/c1-12(20-11-16(17,18)19)10-13-8-6-5-7-9-21(13)14(22)23-15(2,3)4/h12-13,20H,5-11H2,1-4H3. The van der Waals surface area contributed by atoms with Crippen LogP contribution in [-0.4, -0.2) is 47.9 Å². The summed E-state index contributed by atoms with van der Waals surface area (Å²) < 4.78 is 42.4. The van der Waals surface area contributed by atoms with Gasteiger partial charge >= 0.3 is 12.3 Å². The van der Waals surface area contributed by atoms with Crippen LogP contribution < -0.4 is 5.32 Å². The molecule has 0 aromatic rings. The molecular weight excluding hydrogens is 309 g/mol. The van der Waals surface area contributed by atoms with E-state index in [-0.39, 0.29) is 18.2 Å². The molecule has 1 N–H and O–H groups in total. The summed E-state index contributed by atoms with van der Waals surface area (Å²) in [5, 5.41) is 2.49. The van der Waals surface area contributed by atoms with Crippen molar-refractivity contribution in [2.45, 2.75) is 83.7 Å². The Kier molecular flexibility index (Phi) is 7.17. The Morgan fingerprint density at radius 3 is 2.48 bits per heavy atom. The summed E-state index contributed by atoms with van der Waals surface area (Å²) >= 11 is 0. The minimum absolute atomic E-state index is 0.0805. The van der Waals surface area contributed by atoms with Crippen LogP contribution in [0.25, 0.3) is 0 Å². The molecule has 0 aliphatic carbocycles. The molecule has 1 fully saturated rings. The Bertz CT molecular complexity index is 381. The van der Waals surface area contributed by atoms with Gasteiger partial charge in [-0.05, 0) is 47.0 Å². The van der Waals surface area contributed by atoms with Crippen LogP contribution in [0.1, 0.15) is 59.8 Å². The summed E-state index contributed by atoms with van der Waals surface area (Å²) in [6, 6.07) is -0.396. The number of nitrogens with one attached hydrogen (secondary N) is 1. The van der Waals surface area contributed by atoms with Crippen LogP contribution in [0.3, 0.4) is 0 Å². The summed E-state index contributed by atoms with van der Waals surface area (Å²) in [5.74, 6) is 0. The van der Waals surface area contributed by atoms with E-state index in [9.17, 15) is 18.0 Å².